The lowest BCUT2D eigenvalue weighted by Gasteiger charge is -2.09. The molecule has 1 amide bonds. The van der Waals surface area contributed by atoms with Crippen LogP contribution in [0.2, 0.25) is 10.0 Å². The highest BCUT2D eigenvalue weighted by molar-refractivity contribution is 6.34. The standard InChI is InChI=1S/C16H19Cl2N3O2/c1-3-14-13(7-10-5-11(17)8-12(18)6-10)15(4-2)21(20-14)9-19-16(22)23/h5-6,8,19H,3-4,7,9H2,1-2H3,(H,22,23). The Kier molecular flexibility index (Phi) is 5.91. The molecule has 124 valence electrons. The molecule has 23 heavy (non-hydrogen) atoms. The molecule has 0 spiro atoms. The van der Waals surface area contributed by atoms with Crippen LogP contribution < -0.4 is 5.32 Å². The van der Waals surface area contributed by atoms with Crippen LogP contribution in [-0.2, 0) is 25.9 Å². The van der Waals surface area contributed by atoms with E-state index in [2.05, 4.69) is 10.4 Å². The molecule has 0 fully saturated rings. The maximum atomic E-state index is 10.7. The normalized spacial score (nSPS) is 10.8. The number of hydrogen-bond donors (Lipinski definition) is 2. The summed E-state index contributed by atoms with van der Waals surface area (Å²) in [4.78, 5) is 10.7. The van der Waals surface area contributed by atoms with Gasteiger partial charge in [0.25, 0.3) is 0 Å². The number of nitrogens with zero attached hydrogens (tertiary/aromatic N) is 2. The third kappa shape index (κ3) is 4.39. The topological polar surface area (TPSA) is 67.2 Å². The van der Waals surface area contributed by atoms with Crippen molar-refractivity contribution in [3.8, 4) is 0 Å². The molecule has 0 radical (unpaired) electrons. The fourth-order valence-corrected chi connectivity index (χ4v) is 3.23. The smallest absolute Gasteiger partial charge is 0.406 e. The van der Waals surface area contributed by atoms with Crippen molar-refractivity contribution in [1.29, 1.82) is 0 Å². The summed E-state index contributed by atoms with van der Waals surface area (Å²) in [7, 11) is 0. The fraction of sp³-hybridized carbons (Fsp3) is 0.375. The number of amides is 1. The third-order valence-corrected chi connectivity index (χ3v) is 4.04. The molecule has 1 heterocycles. The highest BCUT2D eigenvalue weighted by Gasteiger charge is 2.16. The van der Waals surface area contributed by atoms with Gasteiger partial charge < -0.3 is 10.4 Å². The molecule has 1 aromatic heterocycles. The lowest BCUT2D eigenvalue weighted by Crippen LogP contribution is -2.25. The minimum Gasteiger partial charge on any atom is -0.465 e. The maximum absolute atomic E-state index is 10.7. The van der Waals surface area contributed by atoms with Crippen molar-refractivity contribution < 1.29 is 9.90 Å². The minimum absolute atomic E-state index is 0.141. The van der Waals surface area contributed by atoms with E-state index in [4.69, 9.17) is 28.3 Å². The van der Waals surface area contributed by atoms with Crippen LogP contribution in [0.25, 0.3) is 0 Å². The van der Waals surface area contributed by atoms with Crippen LogP contribution >= 0.6 is 23.2 Å². The summed E-state index contributed by atoms with van der Waals surface area (Å²) in [5, 5.41) is 16.9. The molecule has 0 aliphatic heterocycles. The second-order valence-corrected chi connectivity index (χ2v) is 6.05. The SMILES string of the molecule is CCc1nn(CNC(=O)O)c(CC)c1Cc1cc(Cl)cc(Cl)c1. The Bertz CT molecular complexity index is 693. The maximum Gasteiger partial charge on any atom is 0.406 e. The van der Waals surface area contributed by atoms with Crippen molar-refractivity contribution in [2.45, 2.75) is 39.8 Å². The van der Waals surface area contributed by atoms with Crippen molar-refractivity contribution in [3.05, 3.63) is 50.8 Å². The number of carboxylic acid groups (broad SMARTS) is 1. The molecule has 5 nitrogen and oxygen atoms in total. The highest BCUT2D eigenvalue weighted by atomic mass is 35.5. The van der Waals surface area contributed by atoms with Gasteiger partial charge in [0.15, 0.2) is 0 Å². The molecule has 0 atom stereocenters. The van der Waals surface area contributed by atoms with Gasteiger partial charge in [-0.1, -0.05) is 37.0 Å². The molecule has 0 unspecified atom stereocenters. The zero-order chi connectivity index (χ0) is 17.0. The van der Waals surface area contributed by atoms with Crippen LogP contribution in [0.3, 0.4) is 0 Å². The molecule has 0 bridgehead atoms. The Morgan fingerprint density at radius 1 is 1.22 bits per heavy atom. The van der Waals surface area contributed by atoms with Gasteiger partial charge in [0, 0.05) is 27.7 Å². The third-order valence-electron chi connectivity index (χ3n) is 3.60. The molecule has 0 saturated carbocycles. The summed E-state index contributed by atoms with van der Waals surface area (Å²) < 4.78 is 1.72. The van der Waals surface area contributed by atoms with E-state index in [0.717, 1.165) is 35.4 Å². The molecule has 1 aromatic carbocycles. The van der Waals surface area contributed by atoms with E-state index in [1.807, 2.05) is 26.0 Å². The summed E-state index contributed by atoms with van der Waals surface area (Å²) >= 11 is 12.1. The number of carbonyl (C=O) groups is 1. The zero-order valence-corrected chi connectivity index (χ0v) is 14.6. The van der Waals surface area contributed by atoms with Crippen molar-refractivity contribution >= 4 is 29.3 Å². The monoisotopic (exact) mass is 355 g/mol. The van der Waals surface area contributed by atoms with Gasteiger partial charge in [0.05, 0.1) is 5.69 Å². The second-order valence-electron chi connectivity index (χ2n) is 5.17. The lowest BCUT2D eigenvalue weighted by atomic mass is 10.0. The molecular weight excluding hydrogens is 337 g/mol. The van der Waals surface area contributed by atoms with E-state index >= 15 is 0 Å². The van der Waals surface area contributed by atoms with Gasteiger partial charge in [0.1, 0.15) is 6.67 Å². The molecular formula is C16H19Cl2N3O2. The summed E-state index contributed by atoms with van der Waals surface area (Å²) in [5.74, 6) is 0. The van der Waals surface area contributed by atoms with Gasteiger partial charge in [0.2, 0.25) is 0 Å². The number of aryl methyl sites for hydroxylation is 1. The van der Waals surface area contributed by atoms with Crippen LogP contribution in [0.1, 0.15) is 36.4 Å². The first-order chi connectivity index (χ1) is 10.9. The second kappa shape index (κ2) is 7.70. The molecule has 2 N–H and O–H groups in total. The number of aromatic nitrogens is 2. The van der Waals surface area contributed by atoms with Gasteiger partial charge in [-0.2, -0.15) is 5.10 Å². The summed E-state index contributed by atoms with van der Waals surface area (Å²) in [6, 6.07) is 5.48. The Hall–Kier alpha value is -1.72. The average Bonchev–Trinajstić information content (AvgIpc) is 2.80. The van der Waals surface area contributed by atoms with Crippen molar-refractivity contribution in [3.63, 3.8) is 0 Å². The predicted molar refractivity (Wildman–Crippen MR) is 91.4 cm³/mol. The first kappa shape index (κ1) is 17.6. The number of benzene rings is 1. The van der Waals surface area contributed by atoms with Crippen LogP contribution in [-0.4, -0.2) is 21.0 Å². The van der Waals surface area contributed by atoms with Crippen molar-refractivity contribution in [1.82, 2.24) is 15.1 Å². The summed E-state index contributed by atoms with van der Waals surface area (Å²) in [6.45, 7) is 4.20. The summed E-state index contributed by atoms with van der Waals surface area (Å²) in [6.07, 6.45) is 1.14. The van der Waals surface area contributed by atoms with E-state index in [0.29, 0.717) is 16.5 Å². The number of hydrogen-bond acceptors (Lipinski definition) is 2. The van der Waals surface area contributed by atoms with Gasteiger partial charge >= 0.3 is 6.09 Å². The Morgan fingerprint density at radius 2 is 1.87 bits per heavy atom. The van der Waals surface area contributed by atoms with E-state index in [-0.39, 0.29) is 6.67 Å². The van der Waals surface area contributed by atoms with E-state index in [1.165, 1.54) is 0 Å². The zero-order valence-electron chi connectivity index (χ0n) is 13.1. The van der Waals surface area contributed by atoms with Crippen LogP contribution in [0.4, 0.5) is 4.79 Å². The van der Waals surface area contributed by atoms with E-state index < -0.39 is 6.09 Å². The fourth-order valence-electron chi connectivity index (χ4n) is 2.66. The van der Waals surface area contributed by atoms with Crippen molar-refractivity contribution in [2.24, 2.45) is 0 Å². The first-order valence-electron chi connectivity index (χ1n) is 7.43. The first-order valence-corrected chi connectivity index (χ1v) is 8.19. The minimum atomic E-state index is -1.07. The highest BCUT2D eigenvalue weighted by Crippen LogP contribution is 2.24. The Labute approximate surface area is 145 Å². The lowest BCUT2D eigenvalue weighted by molar-refractivity contribution is 0.190. The van der Waals surface area contributed by atoms with Crippen LogP contribution in [0.15, 0.2) is 18.2 Å². The Balaban J connectivity index is 2.37. The van der Waals surface area contributed by atoms with Gasteiger partial charge in [-0.3, -0.25) is 0 Å². The van der Waals surface area contributed by atoms with Gasteiger partial charge in [-0.25, -0.2) is 9.48 Å². The van der Waals surface area contributed by atoms with Crippen molar-refractivity contribution in [2.75, 3.05) is 0 Å². The molecule has 2 rings (SSSR count). The number of halogens is 2. The molecule has 0 saturated heterocycles. The molecule has 2 aromatic rings. The Morgan fingerprint density at radius 3 is 2.39 bits per heavy atom. The summed E-state index contributed by atoms with van der Waals surface area (Å²) in [5.41, 5.74) is 4.11. The number of rotatable bonds is 6. The van der Waals surface area contributed by atoms with Crippen LogP contribution in [0.5, 0.6) is 0 Å². The van der Waals surface area contributed by atoms with E-state index in [1.54, 1.807) is 10.7 Å². The number of nitrogens with one attached hydrogen (secondary N) is 1. The molecule has 0 aliphatic rings. The largest absolute Gasteiger partial charge is 0.465 e. The van der Waals surface area contributed by atoms with E-state index in [9.17, 15) is 4.79 Å². The average molecular weight is 356 g/mol. The molecule has 0 aliphatic carbocycles. The quantitative estimate of drug-likeness (QED) is 0.818. The molecule has 7 heteroatoms. The van der Waals surface area contributed by atoms with Crippen LogP contribution in [0, 0.1) is 0 Å². The van der Waals surface area contributed by atoms with Gasteiger partial charge in [-0.05, 0) is 36.6 Å². The predicted octanol–water partition coefficient (Wildman–Crippen LogP) is 4.13. The van der Waals surface area contributed by atoms with Gasteiger partial charge in [-0.15, -0.1) is 0 Å².